The maximum atomic E-state index is 11.5. The number of carbonyl (C=O) groups excluding carboxylic acids is 1. The van der Waals surface area contributed by atoms with Crippen LogP contribution in [0.5, 0.6) is 0 Å². The average molecular weight is 201 g/mol. The smallest absolute Gasteiger partial charge is 0.224 e. The summed E-state index contributed by atoms with van der Waals surface area (Å²) in [5.74, 6) is 0.0679. The van der Waals surface area contributed by atoms with Crippen LogP contribution in [0.25, 0.3) is 0 Å². The predicted molar refractivity (Wildman–Crippen MR) is 53.4 cm³/mol. The van der Waals surface area contributed by atoms with Gasteiger partial charge in [0, 0.05) is 25.4 Å². The summed E-state index contributed by atoms with van der Waals surface area (Å²) in [6.45, 7) is 0.513. The fourth-order valence-corrected chi connectivity index (χ4v) is 1.75. The summed E-state index contributed by atoms with van der Waals surface area (Å²) in [6.07, 6.45) is 4.53. The molecular formula is C11H11N3O. The monoisotopic (exact) mass is 201 g/mol. The van der Waals surface area contributed by atoms with Crippen LogP contribution in [0.4, 0.5) is 0 Å². The van der Waals surface area contributed by atoms with Gasteiger partial charge in [0.15, 0.2) is 0 Å². The van der Waals surface area contributed by atoms with E-state index in [2.05, 4.69) is 11.1 Å². The molecule has 0 aliphatic carbocycles. The second kappa shape index (κ2) is 4.09. The molecule has 1 aromatic rings. The largest absolute Gasteiger partial charge is 0.322 e. The summed E-state index contributed by atoms with van der Waals surface area (Å²) in [6, 6.07) is 5.62. The molecule has 1 saturated heterocycles. The van der Waals surface area contributed by atoms with Gasteiger partial charge in [-0.1, -0.05) is 0 Å². The van der Waals surface area contributed by atoms with Crippen LogP contribution in [0.3, 0.4) is 0 Å². The zero-order valence-corrected chi connectivity index (χ0v) is 8.26. The lowest BCUT2D eigenvalue weighted by molar-refractivity contribution is -0.128. The number of pyridine rings is 1. The average Bonchev–Trinajstić information content (AvgIpc) is 2.62. The SMILES string of the molecule is N#CC1CCC(=O)N1Cc1ccncc1. The second-order valence-corrected chi connectivity index (χ2v) is 3.56. The molecule has 2 rings (SSSR count). The zero-order valence-electron chi connectivity index (χ0n) is 8.26. The van der Waals surface area contributed by atoms with Gasteiger partial charge in [-0.2, -0.15) is 5.26 Å². The van der Waals surface area contributed by atoms with Crippen LogP contribution in [0.15, 0.2) is 24.5 Å². The molecule has 0 aromatic carbocycles. The maximum Gasteiger partial charge on any atom is 0.224 e. The van der Waals surface area contributed by atoms with E-state index in [1.165, 1.54) is 0 Å². The van der Waals surface area contributed by atoms with Crippen LogP contribution < -0.4 is 0 Å². The molecule has 1 fully saturated rings. The summed E-state index contributed by atoms with van der Waals surface area (Å²) < 4.78 is 0. The highest BCUT2D eigenvalue weighted by molar-refractivity contribution is 5.79. The Morgan fingerprint density at radius 2 is 2.27 bits per heavy atom. The minimum atomic E-state index is -0.259. The van der Waals surface area contributed by atoms with Gasteiger partial charge >= 0.3 is 0 Å². The quantitative estimate of drug-likeness (QED) is 0.719. The first-order chi connectivity index (χ1) is 7.31. The Morgan fingerprint density at radius 1 is 1.53 bits per heavy atom. The van der Waals surface area contributed by atoms with Crippen LogP contribution in [0.2, 0.25) is 0 Å². The zero-order chi connectivity index (χ0) is 10.7. The Kier molecular flexibility index (Phi) is 2.64. The van der Waals surface area contributed by atoms with Crippen LogP contribution in [-0.4, -0.2) is 21.8 Å². The molecule has 0 radical (unpaired) electrons. The maximum absolute atomic E-state index is 11.5. The summed E-state index contributed by atoms with van der Waals surface area (Å²) in [4.78, 5) is 17.1. The van der Waals surface area contributed by atoms with Gasteiger partial charge in [0.05, 0.1) is 6.07 Å². The molecule has 0 N–H and O–H groups in total. The van der Waals surface area contributed by atoms with E-state index in [0.717, 1.165) is 5.56 Å². The Balaban J connectivity index is 2.11. The fourth-order valence-electron chi connectivity index (χ4n) is 1.75. The number of hydrogen-bond donors (Lipinski definition) is 0. The fraction of sp³-hybridized carbons (Fsp3) is 0.364. The predicted octanol–water partition coefficient (Wildman–Crippen LogP) is 1.10. The van der Waals surface area contributed by atoms with Crippen LogP contribution in [-0.2, 0) is 11.3 Å². The van der Waals surface area contributed by atoms with E-state index in [1.54, 1.807) is 17.3 Å². The number of rotatable bonds is 2. The minimum Gasteiger partial charge on any atom is -0.322 e. The summed E-state index contributed by atoms with van der Waals surface area (Å²) in [5.41, 5.74) is 1.01. The van der Waals surface area contributed by atoms with Crippen molar-refractivity contribution in [3.8, 4) is 6.07 Å². The first-order valence-electron chi connectivity index (χ1n) is 4.89. The Labute approximate surface area is 88.1 Å². The van der Waals surface area contributed by atoms with E-state index in [-0.39, 0.29) is 11.9 Å². The van der Waals surface area contributed by atoms with Crippen molar-refractivity contribution in [2.75, 3.05) is 0 Å². The van der Waals surface area contributed by atoms with Crippen LogP contribution in [0, 0.1) is 11.3 Å². The van der Waals surface area contributed by atoms with E-state index in [4.69, 9.17) is 5.26 Å². The van der Waals surface area contributed by atoms with Crippen molar-refractivity contribution in [2.24, 2.45) is 0 Å². The molecule has 1 aromatic heterocycles. The third kappa shape index (κ3) is 1.96. The van der Waals surface area contributed by atoms with Crippen molar-refractivity contribution >= 4 is 5.91 Å². The van der Waals surface area contributed by atoms with E-state index in [9.17, 15) is 4.79 Å². The molecule has 15 heavy (non-hydrogen) atoms. The lowest BCUT2D eigenvalue weighted by atomic mass is 10.2. The molecule has 2 heterocycles. The van der Waals surface area contributed by atoms with Gasteiger partial charge in [-0.3, -0.25) is 9.78 Å². The van der Waals surface area contributed by atoms with E-state index in [1.807, 2.05) is 12.1 Å². The van der Waals surface area contributed by atoms with Gasteiger partial charge < -0.3 is 4.90 Å². The number of hydrogen-bond acceptors (Lipinski definition) is 3. The minimum absolute atomic E-state index is 0.0679. The van der Waals surface area contributed by atoms with Crippen molar-refractivity contribution < 1.29 is 4.79 Å². The number of nitriles is 1. The first-order valence-corrected chi connectivity index (χ1v) is 4.89. The molecule has 1 atom stereocenters. The van der Waals surface area contributed by atoms with E-state index < -0.39 is 0 Å². The highest BCUT2D eigenvalue weighted by atomic mass is 16.2. The molecule has 4 nitrogen and oxygen atoms in total. The normalized spacial score (nSPS) is 20.3. The molecule has 1 unspecified atom stereocenters. The summed E-state index contributed by atoms with van der Waals surface area (Å²) in [5, 5.41) is 8.88. The third-order valence-electron chi connectivity index (χ3n) is 2.58. The topological polar surface area (TPSA) is 57.0 Å². The molecule has 76 valence electrons. The number of carbonyl (C=O) groups is 1. The Morgan fingerprint density at radius 3 is 2.93 bits per heavy atom. The van der Waals surface area contributed by atoms with Gasteiger partial charge in [0.2, 0.25) is 5.91 Å². The molecule has 0 bridgehead atoms. The van der Waals surface area contributed by atoms with Crippen molar-refractivity contribution in [3.63, 3.8) is 0 Å². The molecule has 0 spiro atoms. The van der Waals surface area contributed by atoms with Crippen molar-refractivity contribution in [1.82, 2.24) is 9.88 Å². The Hall–Kier alpha value is -1.89. The van der Waals surface area contributed by atoms with E-state index >= 15 is 0 Å². The number of aromatic nitrogens is 1. The van der Waals surface area contributed by atoms with Gasteiger partial charge in [-0.15, -0.1) is 0 Å². The summed E-state index contributed by atoms with van der Waals surface area (Å²) >= 11 is 0. The van der Waals surface area contributed by atoms with Gasteiger partial charge in [-0.05, 0) is 24.1 Å². The van der Waals surface area contributed by atoms with Gasteiger partial charge in [0.25, 0.3) is 0 Å². The standard InChI is InChI=1S/C11H11N3O/c12-7-10-1-2-11(15)14(10)8-9-3-5-13-6-4-9/h3-6,10H,1-2,8H2. The highest BCUT2D eigenvalue weighted by Crippen LogP contribution is 2.20. The molecule has 1 amide bonds. The number of likely N-dealkylation sites (tertiary alicyclic amines) is 1. The van der Waals surface area contributed by atoms with Gasteiger partial charge in [0.1, 0.15) is 6.04 Å². The van der Waals surface area contributed by atoms with Crippen LogP contribution in [0.1, 0.15) is 18.4 Å². The van der Waals surface area contributed by atoms with E-state index in [0.29, 0.717) is 19.4 Å². The third-order valence-corrected chi connectivity index (χ3v) is 2.58. The summed E-state index contributed by atoms with van der Waals surface area (Å²) in [7, 11) is 0. The van der Waals surface area contributed by atoms with Crippen molar-refractivity contribution in [2.45, 2.75) is 25.4 Å². The number of amides is 1. The highest BCUT2D eigenvalue weighted by Gasteiger charge is 2.30. The lowest BCUT2D eigenvalue weighted by Gasteiger charge is -2.19. The lowest BCUT2D eigenvalue weighted by Crippen LogP contribution is -2.31. The first kappa shape index (κ1) is 9.66. The molecule has 1 aliphatic heterocycles. The second-order valence-electron chi connectivity index (χ2n) is 3.56. The molecule has 1 aliphatic rings. The molecule has 4 heteroatoms. The number of nitrogens with zero attached hydrogens (tertiary/aromatic N) is 3. The molecular weight excluding hydrogens is 190 g/mol. The van der Waals surface area contributed by atoms with Gasteiger partial charge in [-0.25, -0.2) is 0 Å². The molecule has 0 saturated carbocycles. The van der Waals surface area contributed by atoms with Crippen molar-refractivity contribution in [3.05, 3.63) is 30.1 Å². The Bertz CT molecular complexity index is 396. The van der Waals surface area contributed by atoms with Crippen LogP contribution >= 0.6 is 0 Å². The van der Waals surface area contributed by atoms with Crippen molar-refractivity contribution in [1.29, 1.82) is 5.26 Å².